The molecule has 1 aliphatic heterocycles. The van der Waals surface area contributed by atoms with E-state index in [0.717, 1.165) is 23.5 Å². The molecule has 2 fully saturated rings. The Bertz CT molecular complexity index is 1210. The van der Waals surface area contributed by atoms with Crippen LogP contribution in [0.4, 0.5) is 24.5 Å². The van der Waals surface area contributed by atoms with Crippen molar-refractivity contribution in [1.29, 1.82) is 5.26 Å². The molecule has 34 heavy (non-hydrogen) atoms. The minimum Gasteiger partial charge on any atom is -0.350 e. The van der Waals surface area contributed by atoms with Crippen LogP contribution in [0.3, 0.4) is 0 Å². The normalized spacial score (nSPS) is 17.2. The lowest BCUT2D eigenvalue weighted by Gasteiger charge is -2.43. The smallest absolute Gasteiger partial charge is 0.350 e. The van der Waals surface area contributed by atoms with E-state index in [2.05, 4.69) is 5.32 Å². The first kappa shape index (κ1) is 23.7. The number of nitrogens with zero attached hydrogens (tertiary/aromatic N) is 3. The Balaban J connectivity index is 1.72. The fourth-order valence-electron chi connectivity index (χ4n) is 4.32. The largest absolute Gasteiger partial charge is 0.417 e. The van der Waals surface area contributed by atoms with Gasteiger partial charge in [-0.05, 0) is 87.8 Å². The van der Waals surface area contributed by atoms with E-state index in [-0.39, 0.29) is 22.7 Å². The summed E-state index contributed by atoms with van der Waals surface area (Å²) in [6.07, 6.45) is -2.98. The second-order valence-electron chi connectivity index (χ2n) is 8.66. The van der Waals surface area contributed by atoms with Crippen molar-refractivity contribution in [2.45, 2.75) is 50.9 Å². The van der Waals surface area contributed by atoms with Crippen molar-refractivity contribution in [3.8, 4) is 6.07 Å². The molecule has 1 N–H and O–H groups in total. The number of nitriles is 1. The maximum absolute atomic E-state index is 13.5. The van der Waals surface area contributed by atoms with Crippen molar-refractivity contribution < 1.29 is 22.8 Å². The number of alkyl halides is 3. The molecule has 4 rings (SSSR count). The molecule has 1 spiro atoms. The van der Waals surface area contributed by atoms with Gasteiger partial charge in [-0.15, -0.1) is 0 Å². The van der Waals surface area contributed by atoms with Gasteiger partial charge in [0.15, 0.2) is 5.11 Å². The number of carbonyl (C=O) groups is 2. The van der Waals surface area contributed by atoms with Crippen molar-refractivity contribution in [3.63, 3.8) is 0 Å². The summed E-state index contributed by atoms with van der Waals surface area (Å²) in [4.78, 5) is 28.6. The van der Waals surface area contributed by atoms with Gasteiger partial charge in [-0.25, -0.2) is 0 Å². The van der Waals surface area contributed by atoms with Crippen LogP contribution in [-0.4, -0.2) is 28.5 Å². The Kier molecular flexibility index (Phi) is 5.85. The van der Waals surface area contributed by atoms with Gasteiger partial charge in [0.05, 0.1) is 22.9 Å². The van der Waals surface area contributed by atoms with E-state index in [1.54, 1.807) is 35.2 Å². The molecule has 1 heterocycles. The monoisotopic (exact) mass is 486 g/mol. The molecule has 1 saturated carbocycles. The molecule has 2 aromatic carbocycles. The van der Waals surface area contributed by atoms with Crippen LogP contribution in [0.15, 0.2) is 42.5 Å². The number of rotatable bonds is 4. The van der Waals surface area contributed by atoms with Crippen molar-refractivity contribution >= 4 is 40.5 Å². The third kappa shape index (κ3) is 3.80. The molecule has 0 bridgehead atoms. The molecule has 6 nitrogen and oxygen atoms in total. The average Bonchev–Trinajstić information content (AvgIpc) is 2.99. The summed E-state index contributed by atoms with van der Waals surface area (Å²) in [5.41, 5.74) is -1.65. The Hall–Kier alpha value is -3.45. The first-order valence-corrected chi connectivity index (χ1v) is 11.1. The molecule has 1 saturated heterocycles. The van der Waals surface area contributed by atoms with Crippen molar-refractivity contribution in [2.75, 3.05) is 9.80 Å². The lowest BCUT2D eigenvalue weighted by molar-refractivity contribution is -0.137. The topological polar surface area (TPSA) is 76.4 Å². The summed E-state index contributed by atoms with van der Waals surface area (Å²) in [6, 6.07) is 11.3. The van der Waals surface area contributed by atoms with E-state index >= 15 is 0 Å². The third-order valence-electron chi connectivity index (χ3n) is 6.09. The van der Waals surface area contributed by atoms with Gasteiger partial charge in [-0.1, -0.05) is 0 Å². The Morgan fingerprint density at radius 2 is 1.76 bits per heavy atom. The van der Waals surface area contributed by atoms with E-state index in [1.165, 1.54) is 6.07 Å². The molecular weight excluding hydrogens is 465 g/mol. The number of nitrogens with one attached hydrogen (secondary N) is 1. The standard InChI is InChI=1S/C24H21F3N4O2S/c1-14(2)29-20(32)15-4-7-17(8-5-15)31-22(34)30(21(33)23(31)10-3-11-23)18-9-6-16(13-28)19(12-18)24(25,26)27/h4-9,12,14H,3,10-11H2,1-2H3,(H,29,32). The highest BCUT2D eigenvalue weighted by molar-refractivity contribution is 7.81. The van der Waals surface area contributed by atoms with E-state index in [0.29, 0.717) is 24.1 Å². The van der Waals surface area contributed by atoms with Crippen LogP contribution in [0.5, 0.6) is 0 Å². The number of anilines is 2. The molecule has 10 heteroatoms. The molecule has 0 unspecified atom stereocenters. The van der Waals surface area contributed by atoms with Crippen molar-refractivity contribution in [1.82, 2.24) is 5.32 Å². The summed E-state index contributed by atoms with van der Waals surface area (Å²) in [6.45, 7) is 3.70. The third-order valence-corrected chi connectivity index (χ3v) is 6.45. The summed E-state index contributed by atoms with van der Waals surface area (Å²) < 4.78 is 40.6. The molecule has 2 aliphatic rings. The second-order valence-corrected chi connectivity index (χ2v) is 9.02. The Morgan fingerprint density at radius 3 is 2.26 bits per heavy atom. The zero-order chi connectivity index (χ0) is 24.8. The highest BCUT2D eigenvalue weighted by atomic mass is 32.1. The number of amides is 2. The maximum Gasteiger partial charge on any atom is 0.417 e. The number of hydrogen-bond acceptors (Lipinski definition) is 4. The minimum atomic E-state index is -4.76. The lowest BCUT2D eigenvalue weighted by Crippen LogP contribution is -2.55. The molecule has 0 aromatic heterocycles. The molecule has 2 aromatic rings. The number of thiocarbonyl (C=S) groups is 1. The van der Waals surface area contributed by atoms with Gasteiger partial charge in [0, 0.05) is 17.3 Å². The van der Waals surface area contributed by atoms with Crippen LogP contribution < -0.4 is 15.1 Å². The van der Waals surface area contributed by atoms with Gasteiger partial charge >= 0.3 is 6.18 Å². The van der Waals surface area contributed by atoms with Gasteiger partial charge < -0.3 is 10.2 Å². The molecule has 0 radical (unpaired) electrons. The van der Waals surface area contributed by atoms with E-state index in [9.17, 15) is 22.8 Å². The van der Waals surface area contributed by atoms with Crippen LogP contribution >= 0.6 is 12.2 Å². The van der Waals surface area contributed by atoms with E-state index in [4.69, 9.17) is 17.5 Å². The molecule has 0 atom stereocenters. The zero-order valence-electron chi connectivity index (χ0n) is 18.4. The van der Waals surface area contributed by atoms with Crippen LogP contribution in [-0.2, 0) is 11.0 Å². The van der Waals surface area contributed by atoms with Crippen LogP contribution in [0.25, 0.3) is 0 Å². The van der Waals surface area contributed by atoms with Gasteiger partial charge in [0.2, 0.25) is 0 Å². The predicted molar refractivity (Wildman–Crippen MR) is 124 cm³/mol. The van der Waals surface area contributed by atoms with Crippen molar-refractivity contribution in [3.05, 3.63) is 59.2 Å². The second kappa shape index (κ2) is 8.40. The number of benzene rings is 2. The molecular formula is C24H21F3N4O2S. The number of hydrogen-bond donors (Lipinski definition) is 1. The summed E-state index contributed by atoms with van der Waals surface area (Å²) in [5.74, 6) is -0.637. The summed E-state index contributed by atoms with van der Waals surface area (Å²) >= 11 is 5.60. The fraction of sp³-hybridized carbons (Fsp3) is 0.333. The highest BCUT2D eigenvalue weighted by Crippen LogP contribution is 2.48. The van der Waals surface area contributed by atoms with Crippen LogP contribution in [0.2, 0.25) is 0 Å². The summed E-state index contributed by atoms with van der Waals surface area (Å²) in [5, 5.41) is 11.9. The van der Waals surface area contributed by atoms with Crippen molar-refractivity contribution in [2.24, 2.45) is 0 Å². The molecule has 2 amide bonds. The van der Waals surface area contributed by atoms with Gasteiger partial charge in [-0.3, -0.25) is 14.5 Å². The Morgan fingerprint density at radius 1 is 1.15 bits per heavy atom. The van der Waals surface area contributed by atoms with Crippen LogP contribution in [0.1, 0.15) is 54.6 Å². The van der Waals surface area contributed by atoms with Gasteiger partial charge in [0.1, 0.15) is 5.54 Å². The first-order valence-electron chi connectivity index (χ1n) is 10.7. The van der Waals surface area contributed by atoms with E-state index in [1.807, 2.05) is 13.8 Å². The minimum absolute atomic E-state index is 0.0308. The number of halogens is 3. The highest BCUT2D eigenvalue weighted by Gasteiger charge is 2.59. The van der Waals surface area contributed by atoms with Gasteiger partial charge in [0.25, 0.3) is 11.8 Å². The lowest BCUT2D eigenvalue weighted by atomic mass is 9.75. The number of carbonyl (C=O) groups excluding carboxylic acids is 2. The predicted octanol–water partition coefficient (Wildman–Crippen LogP) is 4.78. The summed E-state index contributed by atoms with van der Waals surface area (Å²) in [7, 11) is 0. The fourth-order valence-corrected chi connectivity index (χ4v) is 4.79. The quantitative estimate of drug-likeness (QED) is 0.630. The van der Waals surface area contributed by atoms with E-state index < -0.39 is 28.7 Å². The SMILES string of the molecule is CC(C)NC(=O)c1ccc(N2C(=S)N(c3ccc(C#N)c(C(F)(F)F)c3)C(=O)C23CCC3)cc1. The van der Waals surface area contributed by atoms with Gasteiger partial charge in [-0.2, -0.15) is 18.4 Å². The van der Waals surface area contributed by atoms with Crippen LogP contribution in [0, 0.1) is 11.3 Å². The molecule has 1 aliphatic carbocycles. The average molecular weight is 487 g/mol. The maximum atomic E-state index is 13.5. The molecule has 176 valence electrons. The Labute approximate surface area is 199 Å². The first-order chi connectivity index (χ1) is 16.0. The zero-order valence-corrected chi connectivity index (χ0v) is 19.3.